The monoisotopic (exact) mass is 361 g/mol. The van der Waals surface area contributed by atoms with Crippen LogP contribution in [-0.4, -0.2) is 72.6 Å². The minimum absolute atomic E-state index is 0.00626. The van der Waals surface area contributed by atoms with Crippen LogP contribution in [0.5, 0.6) is 0 Å². The highest BCUT2D eigenvalue weighted by atomic mass is 19.4. The Hall–Kier alpha value is -1.54. The van der Waals surface area contributed by atoms with Gasteiger partial charge in [-0.05, 0) is 18.1 Å². The van der Waals surface area contributed by atoms with E-state index in [4.69, 9.17) is 4.42 Å². The molecule has 142 valence electrons. The van der Waals surface area contributed by atoms with Crippen molar-refractivity contribution < 1.29 is 22.4 Å². The van der Waals surface area contributed by atoms with Crippen molar-refractivity contribution in [2.24, 2.45) is 5.92 Å². The standard InChI is InChI=1S/C17H26F3N3O2/c1-14(2)10-21-5-7-22(8-6-21)12-16(24)23(13-17(18,19)20)11-15-4-3-9-25-15/h3-4,9,14H,5-8,10-13H2,1-2H3. The first kappa shape index (κ1) is 19.8. The predicted octanol–water partition coefficient (Wildman–Crippen LogP) is 2.44. The van der Waals surface area contributed by atoms with Gasteiger partial charge in [-0.3, -0.25) is 9.69 Å². The van der Waals surface area contributed by atoms with E-state index in [9.17, 15) is 18.0 Å². The van der Waals surface area contributed by atoms with Gasteiger partial charge in [0, 0.05) is 32.7 Å². The van der Waals surface area contributed by atoms with Crippen LogP contribution < -0.4 is 0 Å². The summed E-state index contributed by atoms with van der Waals surface area (Å²) in [7, 11) is 0. The Morgan fingerprint density at radius 3 is 2.40 bits per heavy atom. The zero-order chi connectivity index (χ0) is 18.4. The molecule has 1 aliphatic rings. The van der Waals surface area contributed by atoms with Crippen LogP contribution in [-0.2, 0) is 11.3 Å². The third-order valence-corrected chi connectivity index (χ3v) is 4.10. The van der Waals surface area contributed by atoms with E-state index in [1.54, 1.807) is 12.1 Å². The minimum Gasteiger partial charge on any atom is -0.467 e. The Morgan fingerprint density at radius 1 is 1.24 bits per heavy atom. The summed E-state index contributed by atoms with van der Waals surface area (Å²) in [5.74, 6) is 0.397. The molecule has 0 atom stereocenters. The Balaban J connectivity index is 1.88. The maximum atomic E-state index is 12.8. The largest absolute Gasteiger partial charge is 0.467 e. The van der Waals surface area contributed by atoms with Gasteiger partial charge < -0.3 is 14.2 Å². The first-order valence-corrected chi connectivity index (χ1v) is 8.54. The number of nitrogens with zero attached hydrogens (tertiary/aromatic N) is 3. The molecule has 1 saturated heterocycles. The minimum atomic E-state index is -4.43. The van der Waals surface area contributed by atoms with Crippen molar-refractivity contribution in [3.8, 4) is 0 Å². The van der Waals surface area contributed by atoms with Crippen molar-refractivity contribution in [3.05, 3.63) is 24.2 Å². The number of halogens is 3. The molecule has 1 fully saturated rings. The third-order valence-electron chi connectivity index (χ3n) is 4.10. The lowest BCUT2D eigenvalue weighted by Crippen LogP contribution is -2.51. The molecule has 1 aromatic rings. The smallest absolute Gasteiger partial charge is 0.406 e. The van der Waals surface area contributed by atoms with Crippen molar-refractivity contribution in [2.75, 3.05) is 45.8 Å². The van der Waals surface area contributed by atoms with Gasteiger partial charge >= 0.3 is 6.18 Å². The first-order valence-electron chi connectivity index (χ1n) is 8.54. The highest BCUT2D eigenvalue weighted by Gasteiger charge is 2.34. The number of hydrogen-bond donors (Lipinski definition) is 0. The summed E-state index contributed by atoms with van der Waals surface area (Å²) in [4.78, 5) is 17.5. The number of hydrogen-bond acceptors (Lipinski definition) is 4. The van der Waals surface area contributed by atoms with Gasteiger partial charge in [-0.15, -0.1) is 0 Å². The van der Waals surface area contributed by atoms with Gasteiger partial charge in [0.2, 0.25) is 5.91 Å². The molecule has 0 saturated carbocycles. The lowest BCUT2D eigenvalue weighted by Gasteiger charge is -2.36. The molecule has 0 aliphatic carbocycles. The van der Waals surface area contributed by atoms with Crippen LogP contribution in [0.25, 0.3) is 0 Å². The van der Waals surface area contributed by atoms with Crippen LogP contribution >= 0.6 is 0 Å². The normalized spacial score (nSPS) is 17.2. The van der Waals surface area contributed by atoms with Crippen LogP contribution in [0.15, 0.2) is 22.8 Å². The average Bonchev–Trinajstić information content (AvgIpc) is 2.99. The summed E-state index contributed by atoms with van der Waals surface area (Å²) in [6, 6.07) is 3.17. The predicted molar refractivity (Wildman–Crippen MR) is 87.9 cm³/mol. The van der Waals surface area contributed by atoms with Gasteiger partial charge in [-0.25, -0.2) is 0 Å². The highest BCUT2D eigenvalue weighted by Crippen LogP contribution is 2.19. The number of carbonyl (C=O) groups is 1. The Morgan fingerprint density at radius 2 is 1.88 bits per heavy atom. The fraction of sp³-hybridized carbons (Fsp3) is 0.706. The molecular weight excluding hydrogens is 335 g/mol. The zero-order valence-electron chi connectivity index (χ0n) is 14.8. The molecule has 2 rings (SSSR count). The summed E-state index contributed by atoms with van der Waals surface area (Å²) >= 11 is 0. The van der Waals surface area contributed by atoms with Gasteiger partial charge in [0.1, 0.15) is 12.3 Å². The van der Waals surface area contributed by atoms with Crippen LogP contribution in [0.1, 0.15) is 19.6 Å². The van der Waals surface area contributed by atoms with E-state index in [0.717, 1.165) is 24.5 Å². The number of carbonyl (C=O) groups excluding carboxylic acids is 1. The van der Waals surface area contributed by atoms with Crippen LogP contribution in [0.3, 0.4) is 0 Å². The molecule has 0 bridgehead atoms. The van der Waals surface area contributed by atoms with Gasteiger partial charge in [-0.1, -0.05) is 13.8 Å². The number of piperazine rings is 1. The second-order valence-electron chi connectivity index (χ2n) is 6.91. The summed E-state index contributed by atoms with van der Waals surface area (Å²) in [6.45, 7) is 6.94. The average molecular weight is 361 g/mol. The number of alkyl halides is 3. The van der Waals surface area contributed by atoms with Gasteiger partial charge in [0.25, 0.3) is 0 Å². The SMILES string of the molecule is CC(C)CN1CCN(CC(=O)N(Cc2ccco2)CC(F)(F)F)CC1. The molecule has 0 unspecified atom stereocenters. The molecule has 2 heterocycles. The molecule has 1 amide bonds. The van der Waals surface area contributed by atoms with Crippen LogP contribution in [0, 0.1) is 5.92 Å². The molecule has 8 heteroatoms. The fourth-order valence-electron chi connectivity index (χ4n) is 2.98. The second kappa shape index (κ2) is 8.71. The van der Waals surface area contributed by atoms with Crippen molar-refractivity contribution >= 4 is 5.91 Å². The lowest BCUT2D eigenvalue weighted by atomic mass is 10.2. The molecule has 25 heavy (non-hydrogen) atoms. The van der Waals surface area contributed by atoms with E-state index in [2.05, 4.69) is 18.7 Å². The molecular formula is C17H26F3N3O2. The molecule has 1 aliphatic heterocycles. The highest BCUT2D eigenvalue weighted by molar-refractivity contribution is 5.78. The Kier molecular flexibility index (Phi) is 6.89. The molecule has 0 aromatic carbocycles. The Labute approximate surface area is 146 Å². The van der Waals surface area contributed by atoms with E-state index >= 15 is 0 Å². The quantitative estimate of drug-likeness (QED) is 0.748. The van der Waals surface area contributed by atoms with Crippen LogP contribution in [0.2, 0.25) is 0 Å². The maximum Gasteiger partial charge on any atom is 0.406 e. The zero-order valence-corrected chi connectivity index (χ0v) is 14.8. The van der Waals surface area contributed by atoms with E-state index < -0.39 is 18.6 Å². The summed E-state index contributed by atoms with van der Waals surface area (Å²) in [5.41, 5.74) is 0. The van der Waals surface area contributed by atoms with Crippen molar-refractivity contribution in [1.82, 2.24) is 14.7 Å². The van der Waals surface area contributed by atoms with E-state index in [1.165, 1.54) is 6.26 Å². The lowest BCUT2D eigenvalue weighted by molar-refractivity contribution is -0.163. The van der Waals surface area contributed by atoms with Gasteiger partial charge in [-0.2, -0.15) is 13.2 Å². The third kappa shape index (κ3) is 7.07. The first-order chi connectivity index (χ1) is 11.7. The molecule has 1 aromatic heterocycles. The second-order valence-corrected chi connectivity index (χ2v) is 6.91. The molecule has 0 spiro atoms. The molecule has 5 nitrogen and oxygen atoms in total. The van der Waals surface area contributed by atoms with Crippen molar-refractivity contribution in [1.29, 1.82) is 0 Å². The van der Waals surface area contributed by atoms with Crippen molar-refractivity contribution in [3.63, 3.8) is 0 Å². The number of furan rings is 1. The number of rotatable bonds is 7. The molecule has 0 N–H and O–H groups in total. The summed E-state index contributed by atoms with van der Waals surface area (Å²) < 4.78 is 43.5. The fourth-order valence-corrected chi connectivity index (χ4v) is 2.98. The number of amides is 1. The van der Waals surface area contributed by atoms with Crippen LogP contribution in [0.4, 0.5) is 13.2 Å². The van der Waals surface area contributed by atoms with Gasteiger partial charge in [0.15, 0.2) is 0 Å². The molecule has 0 radical (unpaired) electrons. The van der Waals surface area contributed by atoms with E-state index in [-0.39, 0.29) is 13.1 Å². The Bertz CT molecular complexity index is 524. The summed E-state index contributed by atoms with van der Waals surface area (Å²) in [5, 5.41) is 0. The topological polar surface area (TPSA) is 39.9 Å². The van der Waals surface area contributed by atoms with Crippen molar-refractivity contribution in [2.45, 2.75) is 26.6 Å². The maximum absolute atomic E-state index is 12.8. The van der Waals surface area contributed by atoms with E-state index in [0.29, 0.717) is 24.8 Å². The van der Waals surface area contributed by atoms with E-state index in [1.807, 2.05) is 4.90 Å². The van der Waals surface area contributed by atoms with Gasteiger partial charge in [0.05, 0.1) is 19.4 Å². The summed E-state index contributed by atoms with van der Waals surface area (Å²) in [6.07, 6.45) is -3.04.